The van der Waals surface area contributed by atoms with Crippen LogP contribution in [0.4, 0.5) is 17.1 Å². The smallest absolute Gasteiger partial charge is 0.137 e. The van der Waals surface area contributed by atoms with Crippen molar-refractivity contribution in [2.24, 2.45) is 0 Å². The molecule has 0 spiro atoms. The van der Waals surface area contributed by atoms with Gasteiger partial charge in [-0.2, -0.15) is 0 Å². The van der Waals surface area contributed by atoms with Crippen LogP contribution < -0.4 is 4.90 Å². The molecule has 2 heterocycles. The zero-order valence-electron chi connectivity index (χ0n) is 24.5. The molecule has 0 bridgehead atoms. The molecular formula is C42H28N2O. The third-order valence-corrected chi connectivity index (χ3v) is 8.80. The number of aromatic nitrogens is 1. The summed E-state index contributed by atoms with van der Waals surface area (Å²) in [6, 6.07) is 60.2. The second-order valence-corrected chi connectivity index (χ2v) is 11.4. The number of nitrogens with zero attached hydrogens (tertiary/aromatic N) is 2. The lowest BCUT2D eigenvalue weighted by molar-refractivity contribution is 0.669. The SMILES string of the molecule is c1ccc(-c2ccc(N(c3ccc(-n4c5ccccc5c5ccccc54)cc3)c3ccc4c(c3)oc3ccccc34)cc2)cc1. The van der Waals surface area contributed by atoms with Crippen molar-refractivity contribution in [3.05, 3.63) is 170 Å². The highest BCUT2D eigenvalue weighted by atomic mass is 16.3. The number of rotatable bonds is 5. The summed E-state index contributed by atoms with van der Waals surface area (Å²) in [5, 5.41) is 4.77. The van der Waals surface area contributed by atoms with Crippen LogP contribution >= 0.6 is 0 Å². The van der Waals surface area contributed by atoms with Gasteiger partial charge >= 0.3 is 0 Å². The molecule has 0 unspecified atom stereocenters. The van der Waals surface area contributed by atoms with Crippen LogP contribution in [0.5, 0.6) is 0 Å². The van der Waals surface area contributed by atoms with Crippen LogP contribution in [0.25, 0.3) is 60.6 Å². The van der Waals surface area contributed by atoms with Crippen molar-refractivity contribution in [1.29, 1.82) is 0 Å². The second kappa shape index (κ2) is 10.3. The zero-order chi connectivity index (χ0) is 29.7. The maximum Gasteiger partial charge on any atom is 0.137 e. The van der Waals surface area contributed by atoms with E-state index in [1.54, 1.807) is 0 Å². The van der Waals surface area contributed by atoms with E-state index in [2.05, 4.69) is 167 Å². The van der Waals surface area contributed by atoms with E-state index in [1.165, 1.54) is 32.9 Å². The minimum Gasteiger partial charge on any atom is -0.456 e. The average Bonchev–Trinajstić information content (AvgIpc) is 3.65. The van der Waals surface area contributed by atoms with Gasteiger partial charge in [0.05, 0.1) is 11.0 Å². The Labute approximate surface area is 260 Å². The molecule has 0 aliphatic carbocycles. The van der Waals surface area contributed by atoms with Crippen LogP contribution in [0.15, 0.2) is 174 Å². The van der Waals surface area contributed by atoms with E-state index >= 15 is 0 Å². The molecule has 9 aromatic rings. The standard InChI is InChI=1S/C42H28N2O/c1-2-10-29(11-3-1)30-18-20-31(21-19-30)43(34-26-27-38-37-14-6-9-17-41(37)45-42(38)28-34)32-22-24-33(25-23-32)44-39-15-7-4-12-35(39)36-13-5-8-16-40(36)44/h1-28H. The lowest BCUT2D eigenvalue weighted by Gasteiger charge is -2.26. The number of hydrogen-bond donors (Lipinski definition) is 0. The molecule has 3 heteroatoms. The molecule has 9 rings (SSSR count). The molecule has 0 saturated heterocycles. The summed E-state index contributed by atoms with van der Waals surface area (Å²) in [6.07, 6.45) is 0. The lowest BCUT2D eigenvalue weighted by Crippen LogP contribution is -2.10. The van der Waals surface area contributed by atoms with Gasteiger partial charge in [0.1, 0.15) is 11.2 Å². The van der Waals surface area contributed by atoms with Crippen LogP contribution in [0.2, 0.25) is 0 Å². The quantitative estimate of drug-likeness (QED) is 0.203. The lowest BCUT2D eigenvalue weighted by atomic mass is 10.0. The van der Waals surface area contributed by atoms with Gasteiger partial charge in [0.25, 0.3) is 0 Å². The van der Waals surface area contributed by atoms with Gasteiger partial charge in [-0.25, -0.2) is 0 Å². The van der Waals surface area contributed by atoms with E-state index in [4.69, 9.17) is 4.42 Å². The van der Waals surface area contributed by atoms with Crippen LogP contribution in [0.3, 0.4) is 0 Å². The highest BCUT2D eigenvalue weighted by Crippen LogP contribution is 2.40. The van der Waals surface area contributed by atoms with Gasteiger partial charge in [-0.05, 0) is 77.9 Å². The highest BCUT2D eigenvalue weighted by molar-refractivity contribution is 6.09. The number of anilines is 3. The van der Waals surface area contributed by atoms with E-state index in [1.807, 2.05) is 12.1 Å². The average molecular weight is 577 g/mol. The van der Waals surface area contributed by atoms with E-state index in [0.29, 0.717) is 0 Å². The van der Waals surface area contributed by atoms with Gasteiger partial charge in [0, 0.05) is 50.4 Å². The van der Waals surface area contributed by atoms with Crippen LogP contribution in [0.1, 0.15) is 0 Å². The predicted molar refractivity (Wildman–Crippen MR) is 188 cm³/mol. The second-order valence-electron chi connectivity index (χ2n) is 11.4. The van der Waals surface area contributed by atoms with Gasteiger partial charge < -0.3 is 13.9 Å². The fourth-order valence-corrected chi connectivity index (χ4v) is 6.69. The number of fused-ring (bicyclic) bond motifs is 6. The molecule has 7 aromatic carbocycles. The summed E-state index contributed by atoms with van der Waals surface area (Å²) in [6.45, 7) is 0. The summed E-state index contributed by atoms with van der Waals surface area (Å²) in [4.78, 5) is 2.30. The fraction of sp³-hybridized carbons (Fsp3) is 0. The molecule has 0 N–H and O–H groups in total. The summed E-state index contributed by atoms with van der Waals surface area (Å²) in [7, 11) is 0. The van der Waals surface area contributed by atoms with Crippen molar-refractivity contribution in [3.8, 4) is 16.8 Å². The van der Waals surface area contributed by atoms with Crippen molar-refractivity contribution in [2.45, 2.75) is 0 Å². The summed E-state index contributed by atoms with van der Waals surface area (Å²) in [5.41, 5.74) is 10.9. The molecule has 0 radical (unpaired) electrons. The number of para-hydroxylation sites is 3. The highest BCUT2D eigenvalue weighted by Gasteiger charge is 2.17. The Kier molecular flexibility index (Phi) is 5.82. The Morgan fingerprint density at radius 2 is 0.889 bits per heavy atom. The summed E-state index contributed by atoms with van der Waals surface area (Å²) >= 11 is 0. The molecule has 0 amide bonds. The van der Waals surface area contributed by atoms with Crippen molar-refractivity contribution in [2.75, 3.05) is 4.90 Å². The first-order valence-electron chi connectivity index (χ1n) is 15.3. The van der Waals surface area contributed by atoms with Crippen LogP contribution in [-0.2, 0) is 0 Å². The number of hydrogen-bond acceptors (Lipinski definition) is 2. The molecule has 3 nitrogen and oxygen atoms in total. The maximum atomic E-state index is 6.31. The fourth-order valence-electron chi connectivity index (χ4n) is 6.69. The van der Waals surface area contributed by atoms with Crippen molar-refractivity contribution in [1.82, 2.24) is 4.57 Å². The molecule has 212 valence electrons. The van der Waals surface area contributed by atoms with Gasteiger partial charge in [-0.3, -0.25) is 0 Å². The van der Waals surface area contributed by atoms with Gasteiger partial charge in [-0.1, -0.05) is 97.1 Å². The first-order valence-corrected chi connectivity index (χ1v) is 15.3. The molecule has 0 aliphatic rings. The first kappa shape index (κ1) is 25.4. The van der Waals surface area contributed by atoms with E-state index in [9.17, 15) is 0 Å². The molecule has 45 heavy (non-hydrogen) atoms. The normalized spacial score (nSPS) is 11.6. The molecule has 0 fully saturated rings. The van der Waals surface area contributed by atoms with Crippen LogP contribution in [0, 0.1) is 0 Å². The molecule has 2 aromatic heterocycles. The minimum atomic E-state index is 0.876. The third-order valence-electron chi connectivity index (χ3n) is 8.80. The Hall–Kier alpha value is -6.06. The Morgan fingerprint density at radius 1 is 0.378 bits per heavy atom. The van der Waals surface area contributed by atoms with Crippen molar-refractivity contribution < 1.29 is 4.42 Å². The minimum absolute atomic E-state index is 0.876. The molecule has 0 saturated carbocycles. The Morgan fingerprint density at radius 3 is 1.58 bits per heavy atom. The van der Waals surface area contributed by atoms with Gasteiger partial charge in [0.2, 0.25) is 0 Å². The van der Waals surface area contributed by atoms with E-state index < -0.39 is 0 Å². The Balaban J connectivity index is 1.18. The van der Waals surface area contributed by atoms with Gasteiger partial charge in [0.15, 0.2) is 0 Å². The summed E-state index contributed by atoms with van der Waals surface area (Å²) < 4.78 is 8.67. The van der Waals surface area contributed by atoms with E-state index in [0.717, 1.165) is 44.7 Å². The topological polar surface area (TPSA) is 21.3 Å². The predicted octanol–water partition coefficient (Wildman–Crippen LogP) is 11.8. The van der Waals surface area contributed by atoms with Crippen molar-refractivity contribution in [3.63, 3.8) is 0 Å². The molecule has 0 aliphatic heterocycles. The largest absolute Gasteiger partial charge is 0.456 e. The monoisotopic (exact) mass is 576 g/mol. The summed E-state index contributed by atoms with van der Waals surface area (Å²) in [5.74, 6) is 0. The third kappa shape index (κ3) is 4.21. The Bertz CT molecular complexity index is 2420. The number of furan rings is 1. The van der Waals surface area contributed by atoms with E-state index in [-0.39, 0.29) is 0 Å². The van der Waals surface area contributed by atoms with Crippen molar-refractivity contribution >= 4 is 60.8 Å². The first-order chi connectivity index (χ1) is 22.3. The van der Waals surface area contributed by atoms with Gasteiger partial charge in [-0.15, -0.1) is 0 Å². The number of benzene rings is 7. The maximum absolute atomic E-state index is 6.31. The molecule has 0 atom stereocenters. The zero-order valence-corrected chi connectivity index (χ0v) is 24.5. The van der Waals surface area contributed by atoms with Crippen LogP contribution in [-0.4, -0.2) is 4.57 Å². The molecular weight excluding hydrogens is 548 g/mol.